The number of esters is 1. The molecular formula is C14H15NO3S. The highest BCUT2D eigenvalue weighted by molar-refractivity contribution is 7.15. The summed E-state index contributed by atoms with van der Waals surface area (Å²) in [6.45, 7) is 4.24. The number of hydrogen-bond acceptors (Lipinski definition) is 5. The fourth-order valence-electron chi connectivity index (χ4n) is 2.39. The number of fused-ring (bicyclic) bond motifs is 1. The van der Waals surface area contributed by atoms with E-state index in [1.807, 2.05) is 19.9 Å². The highest BCUT2D eigenvalue weighted by Gasteiger charge is 2.34. The van der Waals surface area contributed by atoms with Gasteiger partial charge in [-0.3, -0.25) is 4.79 Å². The van der Waals surface area contributed by atoms with E-state index in [0.29, 0.717) is 6.61 Å². The maximum Gasteiger partial charge on any atom is 0.315 e. The third-order valence-corrected chi connectivity index (χ3v) is 4.47. The minimum Gasteiger partial charge on any atom is -0.465 e. The second-order valence-corrected chi connectivity index (χ2v) is 5.69. The molecule has 2 heterocycles. The van der Waals surface area contributed by atoms with Gasteiger partial charge in [-0.2, -0.15) is 0 Å². The second-order valence-electron chi connectivity index (χ2n) is 4.60. The van der Waals surface area contributed by atoms with E-state index in [9.17, 15) is 4.79 Å². The maximum atomic E-state index is 11.9. The predicted octanol–water partition coefficient (Wildman–Crippen LogP) is 3.30. The van der Waals surface area contributed by atoms with E-state index in [1.54, 1.807) is 17.6 Å². The van der Waals surface area contributed by atoms with Crippen molar-refractivity contribution in [1.82, 2.24) is 4.98 Å². The van der Waals surface area contributed by atoms with Crippen LogP contribution >= 0.6 is 11.3 Å². The molecule has 1 atom stereocenters. The fraction of sp³-hybridized carbons (Fsp3) is 0.429. The lowest BCUT2D eigenvalue weighted by molar-refractivity contribution is -0.145. The summed E-state index contributed by atoms with van der Waals surface area (Å²) in [4.78, 5) is 17.7. The van der Waals surface area contributed by atoms with Crippen LogP contribution in [0.1, 0.15) is 35.4 Å². The first-order chi connectivity index (χ1) is 9.20. The Balaban J connectivity index is 1.93. The average Bonchev–Trinajstić information content (AvgIpc) is 3.02. The van der Waals surface area contributed by atoms with Gasteiger partial charge in [0.2, 0.25) is 0 Å². The van der Waals surface area contributed by atoms with Crippen molar-refractivity contribution in [3.05, 3.63) is 28.5 Å². The first kappa shape index (κ1) is 12.4. The van der Waals surface area contributed by atoms with Gasteiger partial charge in [-0.15, -0.1) is 11.3 Å². The van der Waals surface area contributed by atoms with Crippen molar-refractivity contribution >= 4 is 17.3 Å². The Labute approximate surface area is 115 Å². The molecule has 0 saturated carbocycles. The zero-order chi connectivity index (χ0) is 13.4. The molecule has 0 aliphatic heterocycles. The van der Waals surface area contributed by atoms with Crippen molar-refractivity contribution in [3.8, 4) is 10.8 Å². The normalized spacial score (nSPS) is 17.5. The molecule has 0 aromatic carbocycles. The molecule has 5 heteroatoms. The quantitative estimate of drug-likeness (QED) is 0.808. The van der Waals surface area contributed by atoms with Crippen molar-refractivity contribution < 1.29 is 13.9 Å². The van der Waals surface area contributed by atoms with E-state index in [4.69, 9.17) is 9.15 Å². The van der Waals surface area contributed by atoms with Gasteiger partial charge in [0.25, 0.3) is 0 Å². The average molecular weight is 277 g/mol. The van der Waals surface area contributed by atoms with Gasteiger partial charge >= 0.3 is 5.97 Å². The van der Waals surface area contributed by atoms with Crippen molar-refractivity contribution in [2.45, 2.75) is 32.6 Å². The largest absolute Gasteiger partial charge is 0.465 e. The van der Waals surface area contributed by atoms with Crippen molar-refractivity contribution in [3.63, 3.8) is 0 Å². The molecule has 4 nitrogen and oxygen atoms in total. The number of hydrogen-bond donors (Lipinski definition) is 0. The summed E-state index contributed by atoms with van der Waals surface area (Å²) in [5, 5.41) is 0.862. The van der Waals surface area contributed by atoms with Gasteiger partial charge in [0.05, 0.1) is 18.6 Å². The molecule has 100 valence electrons. The summed E-state index contributed by atoms with van der Waals surface area (Å²) in [6.07, 6.45) is 3.38. The summed E-state index contributed by atoms with van der Waals surface area (Å²) >= 11 is 1.62. The molecule has 1 aliphatic carbocycles. The Morgan fingerprint density at radius 3 is 3.16 bits per heavy atom. The van der Waals surface area contributed by atoms with E-state index in [-0.39, 0.29) is 11.9 Å². The number of carbonyl (C=O) groups is 1. The second kappa shape index (κ2) is 4.81. The van der Waals surface area contributed by atoms with Gasteiger partial charge in [0.15, 0.2) is 10.8 Å². The summed E-state index contributed by atoms with van der Waals surface area (Å²) in [7, 11) is 0. The van der Waals surface area contributed by atoms with Crippen LogP contribution in [0.4, 0.5) is 0 Å². The number of thiazole rings is 1. The first-order valence-corrected chi connectivity index (χ1v) is 7.23. The van der Waals surface area contributed by atoms with Crippen LogP contribution in [0.2, 0.25) is 0 Å². The van der Waals surface area contributed by atoms with Gasteiger partial charge in [-0.25, -0.2) is 4.98 Å². The smallest absolute Gasteiger partial charge is 0.315 e. The predicted molar refractivity (Wildman–Crippen MR) is 72.2 cm³/mol. The van der Waals surface area contributed by atoms with Crippen LogP contribution in [0.25, 0.3) is 10.8 Å². The SMILES string of the molecule is CCOC(=O)C1CCc2sc(-c3occc3C)nc21. The van der Waals surface area contributed by atoms with E-state index in [2.05, 4.69) is 4.98 Å². The number of rotatable bonds is 3. The van der Waals surface area contributed by atoms with Crippen molar-refractivity contribution in [1.29, 1.82) is 0 Å². The van der Waals surface area contributed by atoms with E-state index < -0.39 is 0 Å². The molecule has 2 aromatic heterocycles. The lowest BCUT2D eigenvalue weighted by atomic mass is 10.1. The molecule has 1 aliphatic rings. The molecule has 1 unspecified atom stereocenters. The van der Waals surface area contributed by atoms with E-state index in [1.165, 1.54) is 4.88 Å². The summed E-state index contributed by atoms with van der Waals surface area (Å²) in [5.74, 6) is 0.450. The highest BCUT2D eigenvalue weighted by Crippen LogP contribution is 2.41. The van der Waals surface area contributed by atoms with Gasteiger partial charge in [0.1, 0.15) is 5.92 Å². The molecule has 0 fully saturated rings. The van der Waals surface area contributed by atoms with Crippen LogP contribution in [0.5, 0.6) is 0 Å². The lowest BCUT2D eigenvalue weighted by Gasteiger charge is -2.07. The molecule has 19 heavy (non-hydrogen) atoms. The third kappa shape index (κ3) is 2.08. The summed E-state index contributed by atoms with van der Waals surface area (Å²) in [6, 6.07) is 1.92. The molecule has 0 N–H and O–H groups in total. The zero-order valence-corrected chi connectivity index (χ0v) is 11.8. The van der Waals surface area contributed by atoms with E-state index >= 15 is 0 Å². The van der Waals surface area contributed by atoms with Crippen LogP contribution < -0.4 is 0 Å². The Morgan fingerprint density at radius 2 is 2.47 bits per heavy atom. The highest BCUT2D eigenvalue weighted by atomic mass is 32.1. The fourth-order valence-corrected chi connectivity index (χ4v) is 3.58. The van der Waals surface area contributed by atoms with Gasteiger partial charge < -0.3 is 9.15 Å². The minimum atomic E-state index is -0.199. The van der Waals surface area contributed by atoms with Crippen LogP contribution in [-0.2, 0) is 16.0 Å². The number of carbonyl (C=O) groups excluding carboxylic acids is 1. The Bertz CT molecular complexity index is 614. The third-order valence-electron chi connectivity index (χ3n) is 3.35. The van der Waals surface area contributed by atoms with Gasteiger partial charge in [-0.1, -0.05) is 0 Å². The monoisotopic (exact) mass is 277 g/mol. The molecule has 0 bridgehead atoms. The molecular weight excluding hydrogens is 262 g/mol. The molecule has 0 saturated heterocycles. The van der Waals surface area contributed by atoms with Crippen LogP contribution in [0.15, 0.2) is 16.7 Å². The number of ether oxygens (including phenoxy) is 1. The molecule has 0 radical (unpaired) electrons. The minimum absolute atomic E-state index is 0.158. The standard InChI is InChI=1S/C14H15NO3S/c1-3-17-14(16)9-4-5-10-11(9)15-13(19-10)12-8(2)6-7-18-12/h6-7,9H,3-5H2,1-2H3. The Kier molecular flexibility index (Phi) is 3.14. The first-order valence-electron chi connectivity index (χ1n) is 6.41. The van der Waals surface area contributed by atoms with Crippen molar-refractivity contribution in [2.75, 3.05) is 6.61 Å². The Morgan fingerprint density at radius 1 is 1.63 bits per heavy atom. The zero-order valence-electron chi connectivity index (χ0n) is 10.9. The molecule has 2 aromatic rings. The molecule has 0 spiro atoms. The summed E-state index contributed by atoms with van der Waals surface area (Å²) < 4.78 is 10.6. The number of aromatic nitrogens is 1. The number of aryl methyl sites for hydroxylation is 2. The molecule has 0 amide bonds. The number of furan rings is 1. The van der Waals surface area contributed by atoms with Crippen LogP contribution in [-0.4, -0.2) is 17.6 Å². The Hall–Kier alpha value is -1.62. The summed E-state index contributed by atoms with van der Waals surface area (Å²) in [5.41, 5.74) is 1.95. The van der Waals surface area contributed by atoms with Crippen LogP contribution in [0, 0.1) is 6.92 Å². The lowest BCUT2D eigenvalue weighted by Crippen LogP contribution is -2.14. The topological polar surface area (TPSA) is 52.3 Å². The van der Waals surface area contributed by atoms with Gasteiger partial charge in [0, 0.05) is 4.88 Å². The van der Waals surface area contributed by atoms with Crippen molar-refractivity contribution in [2.24, 2.45) is 0 Å². The maximum absolute atomic E-state index is 11.9. The van der Waals surface area contributed by atoms with Crippen LogP contribution in [0.3, 0.4) is 0 Å². The molecule has 3 rings (SSSR count). The van der Waals surface area contributed by atoms with Gasteiger partial charge in [-0.05, 0) is 38.3 Å². The number of nitrogens with zero attached hydrogens (tertiary/aromatic N) is 1. The van der Waals surface area contributed by atoms with E-state index in [0.717, 1.165) is 34.9 Å².